The van der Waals surface area contributed by atoms with Gasteiger partial charge >= 0.3 is 0 Å². The first kappa shape index (κ1) is 17.3. The van der Waals surface area contributed by atoms with E-state index in [1.54, 1.807) is 0 Å². The van der Waals surface area contributed by atoms with Gasteiger partial charge < -0.3 is 5.73 Å². The van der Waals surface area contributed by atoms with Crippen molar-refractivity contribution in [2.45, 2.75) is 24.3 Å². The number of hydrogen-bond donors (Lipinski definition) is 1. The lowest BCUT2D eigenvalue weighted by molar-refractivity contribution is 0.425. The molecule has 2 atom stereocenters. The molecule has 0 aliphatic carbocycles. The highest BCUT2D eigenvalue weighted by atomic mass is 35.5. The van der Waals surface area contributed by atoms with Crippen LogP contribution < -0.4 is 5.73 Å². The molecule has 1 aromatic rings. The minimum atomic E-state index is -4.00. The van der Waals surface area contributed by atoms with Gasteiger partial charge in [-0.2, -0.15) is 4.31 Å². The first-order valence-corrected chi connectivity index (χ1v) is 7.47. The van der Waals surface area contributed by atoms with Crippen molar-refractivity contribution in [3.63, 3.8) is 0 Å². The van der Waals surface area contributed by atoms with Crippen molar-refractivity contribution in [1.82, 2.24) is 4.31 Å². The predicted molar refractivity (Wildman–Crippen MR) is 74.1 cm³/mol. The molecule has 1 heterocycles. The number of sulfonamides is 1. The first-order chi connectivity index (χ1) is 8.82. The molecule has 0 amide bonds. The topological polar surface area (TPSA) is 63.4 Å². The summed E-state index contributed by atoms with van der Waals surface area (Å²) in [6, 6.07) is 2.30. The molecule has 1 aromatic carbocycles. The fraction of sp³-hybridized carbons (Fsp3) is 0.500. The smallest absolute Gasteiger partial charge is 0.246 e. The summed E-state index contributed by atoms with van der Waals surface area (Å²) >= 11 is 0. The Morgan fingerprint density at radius 3 is 2.60 bits per heavy atom. The fourth-order valence-electron chi connectivity index (χ4n) is 2.22. The van der Waals surface area contributed by atoms with Crippen LogP contribution in [0.1, 0.15) is 13.3 Å². The van der Waals surface area contributed by atoms with Gasteiger partial charge in [-0.15, -0.1) is 12.4 Å². The first-order valence-electron chi connectivity index (χ1n) is 6.03. The van der Waals surface area contributed by atoms with Gasteiger partial charge in [0, 0.05) is 19.1 Å². The fourth-order valence-corrected chi connectivity index (χ4v) is 3.80. The standard InChI is InChI=1S/C12H16F2N2O2S.ClH/c1-8(15)9-4-5-16(7-9)19(17,18)12-6-10(13)2-3-11(12)14;/h2-3,6,8-9H,4-5,7,15H2,1H3;1H. The average Bonchev–Trinajstić information content (AvgIpc) is 2.82. The molecule has 8 heteroatoms. The lowest BCUT2D eigenvalue weighted by Gasteiger charge is -2.18. The second kappa shape index (κ2) is 6.34. The summed E-state index contributed by atoms with van der Waals surface area (Å²) in [6.45, 7) is 2.34. The van der Waals surface area contributed by atoms with Gasteiger partial charge in [0.25, 0.3) is 0 Å². The third-order valence-corrected chi connectivity index (χ3v) is 5.32. The van der Waals surface area contributed by atoms with Crippen LogP contribution in [-0.2, 0) is 10.0 Å². The molecular weight excluding hydrogens is 310 g/mol. The van der Waals surface area contributed by atoms with Gasteiger partial charge in [0.2, 0.25) is 10.0 Å². The molecule has 2 unspecified atom stereocenters. The minimum Gasteiger partial charge on any atom is -0.328 e. The molecule has 1 aliphatic rings. The van der Waals surface area contributed by atoms with Crippen molar-refractivity contribution >= 4 is 22.4 Å². The zero-order valence-electron chi connectivity index (χ0n) is 10.9. The zero-order valence-corrected chi connectivity index (χ0v) is 12.6. The molecule has 0 saturated carbocycles. The van der Waals surface area contributed by atoms with Crippen LogP contribution in [0.15, 0.2) is 23.1 Å². The van der Waals surface area contributed by atoms with Gasteiger partial charge in [-0.05, 0) is 37.5 Å². The molecule has 20 heavy (non-hydrogen) atoms. The molecule has 0 spiro atoms. The molecular formula is C12H17ClF2N2O2S. The Morgan fingerprint density at radius 1 is 1.40 bits per heavy atom. The summed E-state index contributed by atoms with van der Waals surface area (Å²) in [5, 5.41) is 0. The lowest BCUT2D eigenvalue weighted by Crippen LogP contribution is -2.33. The predicted octanol–water partition coefficient (Wildman–Crippen LogP) is 1.74. The van der Waals surface area contributed by atoms with Crippen molar-refractivity contribution in [3.8, 4) is 0 Å². The number of nitrogens with two attached hydrogens (primary N) is 1. The van der Waals surface area contributed by atoms with Crippen LogP contribution in [0.4, 0.5) is 8.78 Å². The summed E-state index contributed by atoms with van der Waals surface area (Å²) < 4.78 is 52.4. The van der Waals surface area contributed by atoms with Crippen molar-refractivity contribution in [2.75, 3.05) is 13.1 Å². The number of hydrogen-bond acceptors (Lipinski definition) is 3. The Kier molecular flexibility index (Phi) is 5.48. The number of rotatable bonds is 3. The van der Waals surface area contributed by atoms with E-state index >= 15 is 0 Å². The van der Waals surface area contributed by atoms with E-state index in [1.807, 2.05) is 6.92 Å². The zero-order chi connectivity index (χ0) is 14.2. The van der Waals surface area contributed by atoms with Crippen molar-refractivity contribution < 1.29 is 17.2 Å². The molecule has 0 radical (unpaired) electrons. The van der Waals surface area contributed by atoms with E-state index in [1.165, 1.54) is 4.31 Å². The van der Waals surface area contributed by atoms with Crippen molar-refractivity contribution in [1.29, 1.82) is 0 Å². The van der Waals surface area contributed by atoms with Gasteiger partial charge in [0.05, 0.1) is 0 Å². The van der Waals surface area contributed by atoms with Crippen molar-refractivity contribution in [3.05, 3.63) is 29.8 Å². The van der Waals surface area contributed by atoms with E-state index in [2.05, 4.69) is 0 Å². The number of halogens is 3. The molecule has 1 aliphatic heterocycles. The molecule has 4 nitrogen and oxygen atoms in total. The third kappa shape index (κ3) is 3.28. The number of benzene rings is 1. The maximum absolute atomic E-state index is 13.6. The maximum Gasteiger partial charge on any atom is 0.246 e. The molecule has 2 rings (SSSR count). The average molecular weight is 327 g/mol. The lowest BCUT2D eigenvalue weighted by atomic mass is 10.0. The van der Waals surface area contributed by atoms with Gasteiger partial charge in [-0.25, -0.2) is 17.2 Å². The Labute approximate surface area is 123 Å². The van der Waals surface area contributed by atoms with Gasteiger partial charge in [-0.3, -0.25) is 0 Å². The second-order valence-electron chi connectivity index (χ2n) is 4.85. The summed E-state index contributed by atoms with van der Waals surface area (Å²) in [6.07, 6.45) is 0.633. The largest absolute Gasteiger partial charge is 0.328 e. The monoisotopic (exact) mass is 326 g/mol. The molecule has 0 aromatic heterocycles. The maximum atomic E-state index is 13.6. The quantitative estimate of drug-likeness (QED) is 0.920. The summed E-state index contributed by atoms with van der Waals surface area (Å²) in [5.41, 5.74) is 5.74. The molecule has 2 N–H and O–H groups in total. The van der Waals surface area contributed by atoms with Gasteiger partial charge in [-0.1, -0.05) is 0 Å². The summed E-state index contributed by atoms with van der Waals surface area (Å²) in [7, 11) is -4.00. The van der Waals surface area contributed by atoms with Crippen LogP contribution in [0.3, 0.4) is 0 Å². The highest BCUT2D eigenvalue weighted by molar-refractivity contribution is 7.89. The minimum absolute atomic E-state index is 0. The van der Waals surface area contributed by atoms with Gasteiger partial charge in [0.1, 0.15) is 16.5 Å². The van der Waals surface area contributed by atoms with E-state index in [4.69, 9.17) is 5.73 Å². The van der Waals surface area contributed by atoms with Crippen LogP contribution in [0.25, 0.3) is 0 Å². The summed E-state index contributed by atoms with van der Waals surface area (Å²) in [4.78, 5) is -0.613. The highest BCUT2D eigenvalue weighted by Crippen LogP contribution is 2.27. The Balaban J connectivity index is 0.00000200. The van der Waals surface area contributed by atoms with E-state index in [9.17, 15) is 17.2 Å². The van der Waals surface area contributed by atoms with Crippen LogP contribution >= 0.6 is 12.4 Å². The molecule has 0 bridgehead atoms. The van der Waals surface area contributed by atoms with Crippen LogP contribution in [0, 0.1) is 17.6 Å². The normalized spacial score (nSPS) is 21.5. The molecule has 1 fully saturated rings. The van der Waals surface area contributed by atoms with Gasteiger partial charge in [0.15, 0.2) is 0 Å². The Hall–Kier alpha value is -0.760. The van der Waals surface area contributed by atoms with E-state index in [0.717, 1.165) is 12.1 Å². The van der Waals surface area contributed by atoms with Crippen LogP contribution in [-0.4, -0.2) is 31.9 Å². The van der Waals surface area contributed by atoms with E-state index in [-0.39, 0.29) is 37.5 Å². The number of nitrogens with zero attached hydrogens (tertiary/aromatic N) is 1. The molecule has 114 valence electrons. The van der Waals surface area contributed by atoms with Crippen LogP contribution in [0.5, 0.6) is 0 Å². The third-order valence-electron chi connectivity index (χ3n) is 3.44. The second-order valence-corrected chi connectivity index (χ2v) is 6.75. The van der Waals surface area contributed by atoms with Crippen molar-refractivity contribution in [2.24, 2.45) is 11.7 Å². The van der Waals surface area contributed by atoms with E-state index < -0.39 is 26.6 Å². The SMILES string of the molecule is CC(N)C1CCN(S(=O)(=O)c2cc(F)ccc2F)C1.Cl. The van der Waals surface area contributed by atoms with Crippen LogP contribution in [0.2, 0.25) is 0 Å². The Bertz CT molecular complexity index is 581. The summed E-state index contributed by atoms with van der Waals surface area (Å²) in [5.74, 6) is -1.67. The molecule has 1 saturated heterocycles. The highest BCUT2D eigenvalue weighted by Gasteiger charge is 2.35. The Morgan fingerprint density at radius 2 is 2.05 bits per heavy atom. The van der Waals surface area contributed by atoms with E-state index in [0.29, 0.717) is 12.5 Å².